The first-order valence-electron chi connectivity index (χ1n) is 6.78. The molecule has 1 fully saturated rings. The second-order valence-corrected chi connectivity index (χ2v) is 6.96. The smallest absolute Gasteiger partial charge is 0.260 e. The number of nitrogens with one attached hydrogen (secondary N) is 1. The van der Waals surface area contributed by atoms with Crippen LogP contribution in [0.2, 0.25) is 0 Å². The van der Waals surface area contributed by atoms with Crippen LogP contribution in [0.4, 0.5) is 0 Å². The van der Waals surface area contributed by atoms with Crippen molar-refractivity contribution in [1.82, 2.24) is 14.3 Å². The van der Waals surface area contributed by atoms with Gasteiger partial charge in [0.15, 0.2) is 5.03 Å². The molecule has 2 rings (SSSR count). The van der Waals surface area contributed by atoms with Gasteiger partial charge >= 0.3 is 0 Å². The van der Waals surface area contributed by atoms with Gasteiger partial charge in [-0.3, -0.25) is 0 Å². The van der Waals surface area contributed by atoms with Gasteiger partial charge in [0.1, 0.15) is 0 Å². The number of aromatic nitrogens is 2. The molecule has 6 nitrogen and oxygen atoms in total. The van der Waals surface area contributed by atoms with Gasteiger partial charge in [-0.1, -0.05) is 19.8 Å². The number of sulfonamides is 1. The van der Waals surface area contributed by atoms with E-state index >= 15 is 0 Å². The Kier molecular flexibility index (Phi) is 4.27. The Morgan fingerprint density at radius 1 is 1.47 bits per heavy atom. The Morgan fingerprint density at radius 2 is 2.16 bits per heavy atom. The number of hydrogen-bond donors (Lipinski definition) is 2. The third-order valence-corrected chi connectivity index (χ3v) is 5.84. The van der Waals surface area contributed by atoms with Gasteiger partial charge in [0, 0.05) is 18.6 Å². The molecule has 0 spiro atoms. The van der Waals surface area contributed by atoms with Crippen molar-refractivity contribution in [3.63, 3.8) is 0 Å². The van der Waals surface area contributed by atoms with Gasteiger partial charge in [-0.25, -0.2) is 13.4 Å². The van der Waals surface area contributed by atoms with E-state index < -0.39 is 15.6 Å². The fourth-order valence-electron chi connectivity index (χ4n) is 2.91. The number of aromatic amines is 1. The maximum atomic E-state index is 12.7. The fourth-order valence-corrected chi connectivity index (χ4v) is 4.73. The molecule has 7 heteroatoms. The van der Waals surface area contributed by atoms with E-state index in [4.69, 9.17) is 5.73 Å². The molecule has 1 saturated carbocycles. The number of imidazole rings is 1. The van der Waals surface area contributed by atoms with Crippen molar-refractivity contribution in [1.29, 1.82) is 0 Å². The molecule has 19 heavy (non-hydrogen) atoms. The standard InChI is InChI=1S/C12H22N4O2S/c1-2-7-16(12(9-13)5-3-4-6-12)19(17,18)11-8-14-10-15-11/h8,10H,2-7,9,13H2,1H3,(H,14,15). The van der Waals surface area contributed by atoms with Gasteiger partial charge in [0.05, 0.1) is 12.5 Å². The van der Waals surface area contributed by atoms with E-state index in [1.807, 2.05) is 6.92 Å². The summed E-state index contributed by atoms with van der Waals surface area (Å²) in [7, 11) is -3.54. The summed E-state index contributed by atoms with van der Waals surface area (Å²) in [4.78, 5) is 6.51. The van der Waals surface area contributed by atoms with Crippen LogP contribution in [0.1, 0.15) is 39.0 Å². The molecule has 0 amide bonds. The van der Waals surface area contributed by atoms with E-state index in [0.29, 0.717) is 13.1 Å². The molecule has 0 bridgehead atoms. The maximum Gasteiger partial charge on any atom is 0.260 e. The van der Waals surface area contributed by atoms with Crippen LogP contribution < -0.4 is 5.73 Å². The second kappa shape index (κ2) is 5.60. The predicted octanol–water partition coefficient (Wildman–Crippen LogP) is 1.08. The van der Waals surface area contributed by atoms with Crippen molar-refractivity contribution < 1.29 is 8.42 Å². The summed E-state index contributed by atoms with van der Waals surface area (Å²) in [6.45, 7) is 2.85. The molecule has 1 aromatic heterocycles. The lowest BCUT2D eigenvalue weighted by molar-refractivity contribution is 0.197. The maximum absolute atomic E-state index is 12.7. The zero-order chi connectivity index (χ0) is 13.9. The van der Waals surface area contributed by atoms with Gasteiger partial charge in [-0.15, -0.1) is 0 Å². The van der Waals surface area contributed by atoms with E-state index in [9.17, 15) is 8.42 Å². The van der Waals surface area contributed by atoms with Crippen LogP contribution in [0, 0.1) is 0 Å². The van der Waals surface area contributed by atoms with E-state index in [0.717, 1.165) is 32.1 Å². The zero-order valence-corrected chi connectivity index (χ0v) is 12.1. The minimum atomic E-state index is -3.54. The first kappa shape index (κ1) is 14.5. The average molecular weight is 286 g/mol. The van der Waals surface area contributed by atoms with Crippen LogP contribution >= 0.6 is 0 Å². The SMILES string of the molecule is CCCN(C1(CN)CCCC1)S(=O)(=O)c1cnc[nH]1. The van der Waals surface area contributed by atoms with E-state index in [1.165, 1.54) is 12.5 Å². The largest absolute Gasteiger partial charge is 0.335 e. The van der Waals surface area contributed by atoms with Crippen molar-refractivity contribution in [2.45, 2.75) is 49.6 Å². The Morgan fingerprint density at radius 3 is 2.63 bits per heavy atom. The number of H-pyrrole nitrogens is 1. The minimum Gasteiger partial charge on any atom is -0.335 e. The van der Waals surface area contributed by atoms with Gasteiger partial charge < -0.3 is 10.7 Å². The monoisotopic (exact) mass is 286 g/mol. The Hall–Kier alpha value is -0.920. The number of hydrogen-bond acceptors (Lipinski definition) is 4. The topological polar surface area (TPSA) is 92.1 Å². The molecule has 108 valence electrons. The van der Waals surface area contributed by atoms with E-state index in [-0.39, 0.29) is 5.03 Å². The van der Waals surface area contributed by atoms with Crippen LogP contribution in [-0.2, 0) is 10.0 Å². The highest BCUT2D eigenvalue weighted by molar-refractivity contribution is 7.89. The molecule has 1 aliphatic carbocycles. The Balaban J connectivity index is 2.40. The Bertz CT molecular complexity index is 492. The molecule has 0 aliphatic heterocycles. The summed E-state index contributed by atoms with van der Waals surface area (Å²) in [5, 5.41) is 0.153. The van der Waals surface area contributed by atoms with Crippen molar-refractivity contribution >= 4 is 10.0 Å². The van der Waals surface area contributed by atoms with Crippen molar-refractivity contribution in [3.8, 4) is 0 Å². The van der Waals surface area contributed by atoms with Crippen LogP contribution in [-0.4, -0.2) is 41.3 Å². The molecule has 0 unspecified atom stereocenters. The fraction of sp³-hybridized carbons (Fsp3) is 0.750. The number of rotatable bonds is 6. The molecule has 0 radical (unpaired) electrons. The summed E-state index contributed by atoms with van der Waals surface area (Å²) in [5.41, 5.74) is 5.50. The molecular formula is C12H22N4O2S. The molecule has 0 aromatic carbocycles. The lowest BCUT2D eigenvalue weighted by atomic mass is 9.98. The third-order valence-electron chi connectivity index (χ3n) is 3.91. The summed E-state index contributed by atoms with van der Waals surface area (Å²) >= 11 is 0. The first-order chi connectivity index (χ1) is 9.07. The number of nitrogens with zero attached hydrogens (tertiary/aromatic N) is 2. The van der Waals surface area contributed by atoms with E-state index in [2.05, 4.69) is 9.97 Å². The zero-order valence-electron chi connectivity index (χ0n) is 11.3. The summed E-state index contributed by atoms with van der Waals surface area (Å²) in [6, 6.07) is 0. The van der Waals surface area contributed by atoms with Crippen LogP contribution in [0.15, 0.2) is 17.6 Å². The Labute approximate surface area is 114 Å². The van der Waals surface area contributed by atoms with E-state index in [1.54, 1.807) is 4.31 Å². The van der Waals surface area contributed by atoms with Crippen molar-refractivity contribution in [2.24, 2.45) is 5.73 Å². The van der Waals surface area contributed by atoms with Crippen LogP contribution in [0.5, 0.6) is 0 Å². The molecule has 1 aliphatic rings. The highest BCUT2D eigenvalue weighted by atomic mass is 32.2. The molecule has 0 saturated heterocycles. The van der Waals surface area contributed by atoms with Crippen molar-refractivity contribution in [3.05, 3.63) is 12.5 Å². The van der Waals surface area contributed by atoms with Gasteiger partial charge in [0.25, 0.3) is 10.0 Å². The normalized spacial score (nSPS) is 19.1. The average Bonchev–Trinajstić information content (AvgIpc) is 3.07. The molecule has 3 N–H and O–H groups in total. The molecule has 1 aromatic rings. The highest BCUT2D eigenvalue weighted by Gasteiger charge is 2.44. The van der Waals surface area contributed by atoms with Crippen LogP contribution in [0.3, 0.4) is 0 Å². The number of nitrogens with two attached hydrogens (primary N) is 1. The lowest BCUT2D eigenvalue weighted by Gasteiger charge is -2.39. The summed E-state index contributed by atoms with van der Waals surface area (Å²) in [6.07, 6.45) is 7.28. The summed E-state index contributed by atoms with van der Waals surface area (Å²) in [5.74, 6) is 0. The van der Waals surface area contributed by atoms with Gasteiger partial charge in [-0.05, 0) is 19.3 Å². The lowest BCUT2D eigenvalue weighted by Crippen LogP contribution is -2.54. The highest BCUT2D eigenvalue weighted by Crippen LogP contribution is 2.37. The van der Waals surface area contributed by atoms with Gasteiger partial charge in [-0.2, -0.15) is 4.31 Å². The predicted molar refractivity (Wildman–Crippen MR) is 73.0 cm³/mol. The minimum absolute atomic E-state index is 0.153. The molecular weight excluding hydrogens is 264 g/mol. The van der Waals surface area contributed by atoms with Crippen LogP contribution in [0.25, 0.3) is 0 Å². The van der Waals surface area contributed by atoms with Crippen molar-refractivity contribution in [2.75, 3.05) is 13.1 Å². The first-order valence-corrected chi connectivity index (χ1v) is 8.22. The third kappa shape index (κ3) is 2.54. The second-order valence-electron chi connectivity index (χ2n) is 5.13. The molecule has 1 heterocycles. The van der Waals surface area contributed by atoms with Gasteiger partial charge in [0.2, 0.25) is 0 Å². The molecule has 0 atom stereocenters. The summed E-state index contributed by atoms with van der Waals surface area (Å²) < 4.78 is 27.1. The quantitative estimate of drug-likeness (QED) is 0.818.